The van der Waals surface area contributed by atoms with E-state index in [4.69, 9.17) is 0 Å². The summed E-state index contributed by atoms with van der Waals surface area (Å²) in [7, 11) is 0. The van der Waals surface area contributed by atoms with Crippen LogP contribution in [-0.2, 0) is 4.79 Å². The first-order valence-electron chi connectivity index (χ1n) is 17.4. The van der Waals surface area contributed by atoms with Crippen molar-refractivity contribution in [3.05, 3.63) is 41.5 Å². The average molecular weight is 588 g/mol. The van der Waals surface area contributed by atoms with Gasteiger partial charge in [-0.15, -0.1) is 0 Å². The van der Waals surface area contributed by atoms with Gasteiger partial charge in [0.05, 0.1) is 17.1 Å². The van der Waals surface area contributed by atoms with E-state index >= 15 is 0 Å². The van der Waals surface area contributed by atoms with Crippen LogP contribution in [-0.4, -0.2) is 46.2 Å². The Morgan fingerprint density at radius 3 is 2.21 bits per heavy atom. The van der Waals surface area contributed by atoms with Crippen molar-refractivity contribution in [3.8, 4) is 0 Å². The van der Waals surface area contributed by atoms with Crippen LogP contribution in [0.1, 0.15) is 121 Å². The van der Waals surface area contributed by atoms with Gasteiger partial charge in [-0.1, -0.05) is 52.3 Å². The third kappa shape index (κ3) is 4.26. The van der Waals surface area contributed by atoms with E-state index in [1.54, 1.807) is 12.1 Å². The number of carbonyl (C=O) groups is 2. The summed E-state index contributed by atoms with van der Waals surface area (Å²) in [6.45, 7) is 11.6. The predicted octanol–water partition coefficient (Wildman–Crippen LogP) is 7.83. The highest BCUT2D eigenvalue weighted by molar-refractivity contribution is 5.88. The van der Waals surface area contributed by atoms with Crippen molar-refractivity contribution in [1.29, 1.82) is 0 Å². The summed E-state index contributed by atoms with van der Waals surface area (Å²) >= 11 is 0. The van der Waals surface area contributed by atoms with Gasteiger partial charge in [-0.05, 0) is 140 Å². The molecule has 7 rings (SSSR count). The van der Waals surface area contributed by atoms with Gasteiger partial charge in [-0.2, -0.15) is 0 Å². The fourth-order valence-electron chi connectivity index (χ4n) is 12.9. The number of carboxylic acid groups (broad SMARTS) is 1. The molecule has 5 nitrogen and oxygen atoms in total. The fraction of sp³-hybridized carbons (Fsp3) is 0.737. The minimum Gasteiger partial charge on any atom is -0.478 e. The number of likely N-dealkylation sites (tertiary alicyclic amines) is 1. The van der Waals surface area contributed by atoms with Crippen LogP contribution in [0.15, 0.2) is 30.3 Å². The third-order valence-corrected chi connectivity index (χ3v) is 14.7. The number of hydrogen-bond donors (Lipinski definition) is 2. The number of hydrogen-bond acceptors (Lipinski definition) is 3. The molecule has 4 unspecified atom stereocenters. The van der Waals surface area contributed by atoms with Gasteiger partial charge in [0.1, 0.15) is 0 Å². The molecule has 1 aromatic rings. The molecule has 1 aromatic carbocycles. The van der Waals surface area contributed by atoms with E-state index in [9.17, 15) is 19.8 Å². The number of fused-ring (bicyclic) bond motifs is 7. The van der Waals surface area contributed by atoms with Crippen molar-refractivity contribution in [1.82, 2.24) is 4.90 Å². The maximum Gasteiger partial charge on any atom is 0.335 e. The topological polar surface area (TPSA) is 77.8 Å². The SMILES string of the molecule is CC1(C)C(c2ccc(C(=O)O)cc2)=CC[C@@]2(C)C1CC[C@@]1(C)C3CC[C@@]4(C(=O)N5CCC(O)CC5)CCCC4[C@H]3CCC12. The first-order valence-corrected chi connectivity index (χ1v) is 17.4. The number of carbonyl (C=O) groups excluding carboxylic acids is 1. The van der Waals surface area contributed by atoms with Crippen LogP contribution < -0.4 is 0 Å². The highest BCUT2D eigenvalue weighted by Gasteiger charge is 2.66. The molecule has 4 saturated carbocycles. The summed E-state index contributed by atoms with van der Waals surface area (Å²) in [4.78, 5) is 27.8. The van der Waals surface area contributed by atoms with Gasteiger partial charge < -0.3 is 15.1 Å². The Labute approximate surface area is 258 Å². The Morgan fingerprint density at radius 2 is 1.51 bits per heavy atom. The lowest BCUT2D eigenvalue weighted by molar-refractivity contribution is -0.185. The summed E-state index contributed by atoms with van der Waals surface area (Å²) in [6.07, 6.45) is 15.7. The molecule has 234 valence electrons. The van der Waals surface area contributed by atoms with Gasteiger partial charge in [0.15, 0.2) is 0 Å². The van der Waals surface area contributed by atoms with Crippen molar-refractivity contribution in [2.45, 2.75) is 111 Å². The van der Waals surface area contributed by atoms with E-state index in [1.165, 1.54) is 56.1 Å². The Balaban J connectivity index is 1.15. The van der Waals surface area contributed by atoms with Crippen molar-refractivity contribution >= 4 is 17.4 Å². The molecule has 5 aliphatic carbocycles. The van der Waals surface area contributed by atoms with E-state index in [0.717, 1.165) is 45.2 Å². The Hall–Kier alpha value is -2.14. The molecule has 5 fully saturated rings. The molecule has 1 saturated heterocycles. The number of piperidine rings is 1. The number of benzene rings is 1. The summed E-state index contributed by atoms with van der Waals surface area (Å²) in [5.41, 5.74) is 3.37. The van der Waals surface area contributed by atoms with E-state index < -0.39 is 5.97 Å². The van der Waals surface area contributed by atoms with Crippen LogP contribution in [0.4, 0.5) is 0 Å². The van der Waals surface area contributed by atoms with Gasteiger partial charge in [0.2, 0.25) is 5.91 Å². The number of aliphatic hydroxyl groups excluding tert-OH is 1. The largest absolute Gasteiger partial charge is 0.478 e. The normalized spacial score (nSPS) is 42.2. The lowest BCUT2D eigenvalue weighted by Crippen LogP contribution is -2.62. The van der Waals surface area contributed by atoms with Gasteiger partial charge >= 0.3 is 5.97 Å². The molecule has 6 aliphatic rings. The van der Waals surface area contributed by atoms with Gasteiger partial charge in [-0.3, -0.25) is 4.79 Å². The van der Waals surface area contributed by atoms with Crippen LogP contribution in [0.25, 0.3) is 5.57 Å². The average Bonchev–Trinajstić information content (AvgIpc) is 3.43. The predicted molar refractivity (Wildman–Crippen MR) is 169 cm³/mol. The molecule has 0 spiro atoms. The zero-order valence-corrected chi connectivity index (χ0v) is 26.9. The van der Waals surface area contributed by atoms with Crippen LogP contribution in [0.2, 0.25) is 0 Å². The summed E-state index contributed by atoms with van der Waals surface area (Å²) in [6, 6.07) is 7.54. The number of allylic oxidation sites excluding steroid dienone is 2. The summed E-state index contributed by atoms with van der Waals surface area (Å²) in [5.74, 6) is 2.79. The minimum absolute atomic E-state index is 0.0253. The molecule has 8 atom stereocenters. The number of aliphatic hydroxyl groups is 1. The van der Waals surface area contributed by atoms with Crippen LogP contribution in [0.5, 0.6) is 0 Å². The number of nitrogens with zero attached hydrogens (tertiary/aromatic N) is 1. The fourth-order valence-corrected chi connectivity index (χ4v) is 12.9. The van der Waals surface area contributed by atoms with E-state index in [2.05, 4.69) is 38.7 Å². The summed E-state index contributed by atoms with van der Waals surface area (Å²) in [5, 5.41) is 19.5. The third-order valence-electron chi connectivity index (χ3n) is 14.7. The number of amides is 1. The molecule has 0 bridgehead atoms. The second kappa shape index (κ2) is 10.2. The lowest BCUT2D eigenvalue weighted by Gasteiger charge is -2.68. The molecule has 1 aliphatic heterocycles. The molecule has 1 amide bonds. The van der Waals surface area contributed by atoms with Crippen LogP contribution >= 0.6 is 0 Å². The highest BCUT2D eigenvalue weighted by Crippen LogP contribution is 2.73. The molecule has 0 aromatic heterocycles. The van der Waals surface area contributed by atoms with Crippen LogP contribution in [0.3, 0.4) is 0 Å². The van der Waals surface area contributed by atoms with E-state index in [1.807, 2.05) is 12.1 Å². The van der Waals surface area contributed by atoms with Crippen LogP contribution in [0, 0.1) is 51.2 Å². The number of rotatable bonds is 3. The molecule has 5 heteroatoms. The Kier molecular flexibility index (Phi) is 7.01. The Morgan fingerprint density at radius 1 is 0.791 bits per heavy atom. The van der Waals surface area contributed by atoms with Gasteiger partial charge in [0, 0.05) is 13.1 Å². The Bertz CT molecular complexity index is 1310. The zero-order valence-electron chi connectivity index (χ0n) is 26.9. The maximum absolute atomic E-state index is 14.2. The molecular weight excluding hydrogens is 534 g/mol. The number of aromatic carboxylic acids is 1. The highest BCUT2D eigenvalue weighted by atomic mass is 16.4. The number of carboxylic acids is 1. The molecule has 2 N–H and O–H groups in total. The second-order valence-electron chi connectivity index (χ2n) is 16.6. The standard InChI is InChI=1S/C38H53NO4/c1-35(2)28(24-7-9-25(10-8-24)33(41)42)13-19-37(4)31(35)15-20-36(3)29-14-21-38(34(43)39-22-16-26(40)17-23-39)18-5-6-30(38)27(29)11-12-32(36)37/h7-10,13,26-27,29-32,40H,5-6,11-12,14-23H2,1-4H3,(H,41,42)/t27-,29?,30?,31?,32?,36-,37-,38-/m0/s1. The molecule has 43 heavy (non-hydrogen) atoms. The zero-order chi connectivity index (χ0) is 30.4. The smallest absolute Gasteiger partial charge is 0.335 e. The van der Waals surface area contributed by atoms with Crippen molar-refractivity contribution in [2.24, 2.45) is 51.2 Å². The molecular formula is C38H53NO4. The monoisotopic (exact) mass is 587 g/mol. The molecule has 0 radical (unpaired) electrons. The van der Waals surface area contributed by atoms with Crippen molar-refractivity contribution in [3.63, 3.8) is 0 Å². The van der Waals surface area contributed by atoms with Crippen molar-refractivity contribution in [2.75, 3.05) is 13.1 Å². The van der Waals surface area contributed by atoms with Gasteiger partial charge in [-0.25, -0.2) is 4.79 Å². The lowest BCUT2D eigenvalue weighted by atomic mass is 9.36. The molecule has 1 heterocycles. The quantitative estimate of drug-likeness (QED) is 0.378. The minimum atomic E-state index is -0.869. The summed E-state index contributed by atoms with van der Waals surface area (Å²) < 4.78 is 0. The van der Waals surface area contributed by atoms with Crippen molar-refractivity contribution < 1.29 is 19.8 Å². The van der Waals surface area contributed by atoms with Gasteiger partial charge in [0.25, 0.3) is 0 Å². The maximum atomic E-state index is 14.2. The first kappa shape index (κ1) is 29.6. The van der Waals surface area contributed by atoms with E-state index in [0.29, 0.717) is 46.5 Å². The first-order chi connectivity index (χ1) is 20.4. The van der Waals surface area contributed by atoms with E-state index in [-0.39, 0.29) is 22.3 Å². The second-order valence-corrected chi connectivity index (χ2v) is 16.6.